The first-order chi connectivity index (χ1) is 5.77. The molecule has 0 amide bonds. The van der Waals surface area contributed by atoms with Crippen LogP contribution in [-0.4, -0.2) is 24.4 Å². The third-order valence-electron chi connectivity index (χ3n) is 0.595. The largest absolute Gasteiger partial charge is 0.822 e. The first kappa shape index (κ1) is 15.3. The predicted molar refractivity (Wildman–Crippen MR) is 40.3 cm³/mol. The van der Waals surface area contributed by atoms with Crippen molar-refractivity contribution >= 4 is 7.82 Å². The summed E-state index contributed by atoms with van der Waals surface area (Å²) in [5.74, 6) is 0. The molecule has 0 bridgehead atoms. The van der Waals surface area contributed by atoms with E-state index < -0.39 is 7.82 Å². The van der Waals surface area contributed by atoms with Crippen molar-refractivity contribution in [1.82, 2.24) is 0 Å². The lowest BCUT2D eigenvalue weighted by atomic mass is 10.4. The van der Waals surface area contributed by atoms with Gasteiger partial charge in [-0.05, 0) is 6.92 Å². The summed E-state index contributed by atoms with van der Waals surface area (Å²) < 4.78 is 13.4. The Bertz CT molecular complexity index is 154. The van der Waals surface area contributed by atoms with Gasteiger partial charge in [0.1, 0.15) is 0 Å². The number of ether oxygens (including phenoxy) is 1. The van der Waals surface area contributed by atoms with E-state index in [1.54, 1.807) is 13.0 Å². The van der Waals surface area contributed by atoms with E-state index in [0.717, 1.165) is 0 Å². The molecule has 0 aromatic heterocycles. The summed E-state index contributed by atoms with van der Waals surface area (Å²) in [5, 5.41) is 8.62. The maximum Gasteiger partial charge on any atom is 0.0745 e. The molecule has 0 aliphatic rings. The lowest BCUT2D eigenvalue weighted by molar-refractivity contribution is -0.432. The van der Waals surface area contributed by atoms with Gasteiger partial charge in [-0.3, -0.25) is 0 Å². The van der Waals surface area contributed by atoms with Gasteiger partial charge in [-0.25, -0.2) is 0 Å². The molecule has 0 aliphatic heterocycles. The fraction of sp³-hybridized carbons (Fsp3) is 0.667. The fourth-order valence-corrected chi connectivity index (χ4v) is 0.322. The predicted octanol–water partition coefficient (Wildman–Crippen LogP) is -2.25. The Morgan fingerprint density at radius 1 is 1.62 bits per heavy atom. The second-order valence-corrected chi connectivity index (χ2v) is 3.02. The van der Waals surface area contributed by atoms with E-state index in [9.17, 15) is 0 Å². The van der Waals surface area contributed by atoms with Crippen LogP contribution in [0.2, 0.25) is 0 Å². The van der Waals surface area contributed by atoms with Crippen LogP contribution in [0.4, 0.5) is 0 Å². The molecular formula is C6H12O6P-3. The molecule has 1 N–H and O–H groups in total. The van der Waals surface area contributed by atoms with Gasteiger partial charge in [0.25, 0.3) is 0 Å². The molecule has 0 saturated carbocycles. The molecule has 0 heterocycles. The van der Waals surface area contributed by atoms with Crippen LogP contribution < -0.4 is 14.7 Å². The zero-order valence-electron chi connectivity index (χ0n) is 7.21. The molecule has 1 unspecified atom stereocenters. The summed E-state index contributed by atoms with van der Waals surface area (Å²) in [7, 11) is -5.39. The van der Waals surface area contributed by atoms with E-state index >= 15 is 0 Å². The van der Waals surface area contributed by atoms with Gasteiger partial charge >= 0.3 is 0 Å². The van der Waals surface area contributed by atoms with Gasteiger partial charge in [-0.15, -0.1) is 6.58 Å². The molecule has 7 heteroatoms. The minimum Gasteiger partial charge on any atom is -0.822 e. The maximum absolute atomic E-state index is 8.62. The molecule has 6 nitrogen and oxygen atoms in total. The van der Waals surface area contributed by atoms with Gasteiger partial charge in [0.05, 0.1) is 19.3 Å². The van der Waals surface area contributed by atoms with Gasteiger partial charge < -0.3 is 29.1 Å². The van der Waals surface area contributed by atoms with Crippen LogP contribution in [0.5, 0.6) is 0 Å². The topological polar surface area (TPSA) is 116 Å². The highest BCUT2D eigenvalue weighted by molar-refractivity contribution is 7.40. The third-order valence-corrected chi connectivity index (χ3v) is 0.595. The lowest BCUT2D eigenvalue weighted by Crippen LogP contribution is -2.24. The Kier molecular flexibility index (Phi) is 9.82. The summed E-state index contributed by atoms with van der Waals surface area (Å²) in [6.07, 6.45) is 1.29. The van der Waals surface area contributed by atoms with E-state index in [4.69, 9.17) is 29.1 Å². The van der Waals surface area contributed by atoms with Gasteiger partial charge in [0.2, 0.25) is 0 Å². The molecule has 0 fully saturated rings. The summed E-state index contributed by atoms with van der Waals surface area (Å²) in [6.45, 7) is 6.05. The molecule has 0 radical (unpaired) electrons. The fourth-order valence-electron chi connectivity index (χ4n) is 0.322. The monoisotopic (exact) mass is 211 g/mol. The highest BCUT2D eigenvalue weighted by Crippen LogP contribution is 2.03. The zero-order valence-corrected chi connectivity index (χ0v) is 8.11. The average Bonchev–Trinajstić information content (AvgIpc) is 1.83. The molecule has 0 aliphatic carbocycles. The Morgan fingerprint density at radius 3 is 2.23 bits per heavy atom. The maximum atomic E-state index is 8.62. The second kappa shape index (κ2) is 8.37. The molecule has 0 saturated heterocycles. The Hall–Kier alpha value is -0.230. The standard InChI is InChI=1S/C6H12O2.H3O4P/c1-3-4-8-5-6(2)7;1-5(2,3)4/h3,6-7H,1,4-5H2,2H3;(H3,1,2,3,4)/p-3. The van der Waals surface area contributed by atoms with Crippen LogP contribution in [0.1, 0.15) is 6.92 Å². The Labute approximate surface area is 76.7 Å². The SMILES string of the molecule is C=CCOCC(C)O.O=P([O-])([O-])[O-]. The van der Waals surface area contributed by atoms with Crippen molar-refractivity contribution in [2.45, 2.75) is 13.0 Å². The Morgan fingerprint density at radius 2 is 2.00 bits per heavy atom. The lowest BCUT2D eigenvalue weighted by Gasteiger charge is -2.36. The van der Waals surface area contributed by atoms with Crippen molar-refractivity contribution in [1.29, 1.82) is 0 Å². The first-order valence-electron chi connectivity index (χ1n) is 3.37. The number of phosphoric acid groups is 1. The van der Waals surface area contributed by atoms with Crippen molar-refractivity contribution in [2.24, 2.45) is 0 Å². The number of rotatable bonds is 4. The molecule has 0 spiro atoms. The normalized spacial score (nSPS) is 12.7. The molecule has 0 rings (SSSR count). The number of aliphatic hydroxyl groups excluding tert-OH is 1. The summed E-state index contributed by atoms with van der Waals surface area (Å²) in [4.78, 5) is 25.6. The summed E-state index contributed by atoms with van der Waals surface area (Å²) >= 11 is 0. The van der Waals surface area contributed by atoms with Crippen molar-refractivity contribution < 1.29 is 29.1 Å². The van der Waals surface area contributed by atoms with E-state index in [0.29, 0.717) is 13.2 Å². The zero-order chi connectivity index (χ0) is 10.9. The quantitative estimate of drug-likeness (QED) is 0.319. The minimum absolute atomic E-state index is 0.366. The van der Waals surface area contributed by atoms with E-state index in [1.165, 1.54) is 0 Å². The third kappa shape index (κ3) is 49.4. The summed E-state index contributed by atoms with van der Waals surface area (Å²) in [6, 6.07) is 0. The molecule has 13 heavy (non-hydrogen) atoms. The van der Waals surface area contributed by atoms with Crippen LogP contribution in [-0.2, 0) is 9.30 Å². The van der Waals surface area contributed by atoms with Crippen molar-refractivity contribution in [3.63, 3.8) is 0 Å². The molecule has 80 valence electrons. The van der Waals surface area contributed by atoms with Crippen LogP contribution in [0.25, 0.3) is 0 Å². The number of hydrogen-bond acceptors (Lipinski definition) is 6. The smallest absolute Gasteiger partial charge is 0.0745 e. The van der Waals surface area contributed by atoms with Gasteiger partial charge in [-0.2, -0.15) is 7.82 Å². The van der Waals surface area contributed by atoms with Gasteiger partial charge in [-0.1, -0.05) is 6.08 Å². The molecule has 1 atom stereocenters. The molecular weight excluding hydrogens is 199 g/mol. The van der Waals surface area contributed by atoms with Crippen molar-refractivity contribution in [3.8, 4) is 0 Å². The van der Waals surface area contributed by atoms with Crippen LogP contribution in [0.15, 0.2) is 12.7 Å². The molecule has 0 aromatic carbocycles. The van der Waals surface area contributed by atoms with Gasteiger partial charge in [0, 0.05) is 0 Å². The highest BCUT2D eigenvalue weighted by atomic mass is 31.2. The molecule has 0 aromatic rings. The second-order valence-electron chi connectivity index (χ2n) is 2.12. The van der Waals surface area contributed by atoms with Gasteiger partial charge in [0.15, 0.2) is 0 Å². The van der Waals surface area contributed by atoms with Crippen molar-refractivity contribution in [3.05, 3.63) is 12.7 Å². The van der Waals surface area contributed by atoms with Crippen LogP contribution in [0.3, 0.4) is 0 Å². The minimum atomic E-state index is -5.39. The Balaban J connectivity index is 0. The van der Waals surface area contributed by atoms with E-state index in [2.05, 4.69) is 6.58 Å². The van der Waals surface area contributed by atoms with Crippen molar-refractivity contribution in [2.75, 3.05) is 13.2 Å². The van der Waals surface area contributed by atoms with Crippen LogP contribution >= 0.6 is 7.82 Å². The number of aliphatic hydroxyl groups is 1. The first-order valence-corrected chi connectivity index (χ1v) is 4.83. The highest BCUT2D eigenvalue weighted by Gasteiger charge is 1.90. The summed E-state index contributed by atoms with van der Waals surface area (Å²) in [5.41, 5.74) is 0. The number of hydrogen-bond donors (Lipinski definition) is 1. The van der Waals surface area contributed by atoms with E-state index in [1.807, 2.05) is 0 Å². The van der Waals surface area contributed by atoms with E-state index in [-0.39, 0.29) is 6.10 Å². The van der Waals surface area contributed by atoms with Crippen LogP contribution in [0, 0.1) is 0 Å². The average molecular weight is 211 g/mol.